The molecule has 2 aliphatic heterocycles. The maximum atomic E-state index is 13.1. The summed E-state index contributed by atoms with van der Waals surface area (Å²) in [5, 5.41) is 0.691. The minimum atomic E-state index is 0.171. The van der Waals surface area contributed by atoms with Crippen LogP contribution in [-0.2, 0) is 4.79 Å². The molecule has 6 heteroatoms. The molecule has 0 saturated carbocycles. The van der Waals surface area contributed by atoms with Crippen LogP contribution in [-0.4, -0.2) is 58.9 Å². The first-order valence-corrected chi connectivity index (χ1v) is 10.5. The van der Waals surface area contributed by atoms with E-state index in [2.05, 4.69) is 26.8 Å². The van der Waals surface area contributed by atoms with E-state index in [1.165, 1.54) is 0 Å². The number of hydrogen-bond acceptors (Lipinski definition) is 4. The van der Waals surface area contributed by atoms with Gasteiger partial charge < -0.3 is 9.80 Å². The Hall–Kier alpha value is -1.98. The molecule has 5 nitrogen and oxygen atoms in total. The fourth-order valence-corrected chi connectivity index (χ4v) is 4.61. The number of nitrogens with zero attached hydrogens (tertiary/aromatic N) is 4. The Balaban J connectivity index is 1.53. The van der Waals surface area contributed by atoms with Crippen LogP contribution >= 0.6 is 11.6 Å². The Kier molecular flexibility index (Phi) is 5.93. The van der Waals surface area contributed by atoms with Gasteiger partial charge in [0, 0.05) is 47.9 Å². The van der Waals surface area contributed by atoms with E-state index in [1.807, 2.05) is 24.3 Å². The lowest BCUT2D eigenvalue weighted by atomic mass is 9.89. The third-order valence-corrected chi connectivity index (χ3v) is 6.25. The van der Waals surface area contributed by atoms with Gasteiger partial charge in [-0.25, -0.2) is 0 Å². The fourth-order valence-electron chi connectivity index (χ4n) is 4.42. The van der Waals surface area contributed by atoms with Gasteiger partial charge in [-0.3, -0.25) is 14.8 Å². The van der Waals surface area contributed by atoms with E-state index in [0.29, 0.717) is 10.9 Å². The highest BCUT2D eigenvalue weighted by molar-refractivity contribution is 6.30. The van der Waals surface area contributed by atoms with Gasteiger partial charge in [0.25, 0.3) is 0 Å². The Morgan fingerprint density at radius 1 is 1.11 bits per heavy atom. The zero-order valence-corrected chi connectivity index (χ0v) is 17.1. The Bertz CT molecular complexity index is 835. The molecule has 2 aromatic rings. The van der Waals surface area contributed by atoms with E-state index in [-0.39, 0.29) is 11.8 Å². The highest BCUT2D eigenvalue weighted by atomic mass is 35.5. The van der Waals surface area contributed by atoms with Crippen LogP contribution in [0.2, 0.25) is 5.02 Å². The predicted molar refractivity (Wildman–Crippen MR) is 111 cm³/mol. The predicted octanol–water partition coefficient (Wildman–Crippen LogP) is 3.84. The number of piperidine rings is 2. The summed E-state index contributed by atoms with van der Waals surface area (Å²) in [7, 11) is 2.13. The zero-order valence-electron chi connectivity index (χ0n) is 16.4. The smallest absolute Gasteiger partial charge is 0.225 e. The summed E-state index contributed by atoms with van der Waals surface area (Å²) in [5.41, 5.74) is 2.84. The summed E-state index contributed by atoms with van der Waals surface area (Å²) in [5.74, 6) is 0.710. The SMILES string of the molecule is CN1CCC(C(=O)N2CCC[C@@H](c3nccnc3-c3cccc(Cl)c3)C2)CC1. The molecule has 2 aliphatic rings. The molecular weight excluding hydrogens is 372 g/mol. The van der Waals surface area contributed by atoms with Crippen molar-refractivity contribution in [1.82, 2.24) is 19.8 Å². The summed E-state index contributed by atoms with van der Waals surface area (Å²) >= 11 is 6.19. The van der Waals surface area contributed by atoms with Gasteiger partial charge in [0.05, 0.1) is 11.4 Å². The lowest BCUT2D eigenvalue weighted by molar-refractivity contribution is -0.138. The van der Waals surface area contributed by atoms with Crippen molar-refractivity contribution in [2.24, 2.45) is 5.92 Å². The number of benzene rings is 1. The minimum absolute atomic E-state index is 0.171. The summed E-state index contributed by atoms with van der Waals surface area (Å²) in [6, 6.07) is 7.75. The van der Waals surface area contributed by atoms with Crippen LogP contribution in [0.5, 0.6) is 0 Å². The van der Waals surface area contributed by atoms with Crippen LogP contribution in [0.3, 0.4) is 0 Å². The molecule has 2 saturated heterocycles. The Labute approximate surface area is 171 Å². The molecular formula is C22H27ClN4O. The van der Waals surface area contributed by atoms with Crippen LogP contribution in [0.15, 0.2) is 36.7 Å². The van der Waals surface area contributed by atoms with Gasteiger partial charge in [-0.1, -0.05) is 23.7 Å². The van der Waals surface area contributed by atoms with Crippen molar-refractivity contribution < 1.29 is 4.79 Å². The largest absolute Gasteiger partial charge is 0.342 e. The number of likely N-dealkylation sites (tertiary alicyclic amines) is 2. The minimum Gasteiger partial charge on any atom is -0.342 e. The first-order valence-electron chi connectivity index (χ1n) is 10.2. The van der Waals surface area contributed by atoms with Crippen molar-refractivity contribution in [3.05, 3.63) is 47.4 Å². The van der Waals surface area contributed by atoms with Crippen LogP contribution in [0.4, 0.5) is 0 Å². The number of aromatic nitrogens is 2. The molecule has 0 N–H and O–H groups in total. The quantitative estimate of drug-likeness (QED) is 0.788. The standard InChI is InChI=1S/C22H27ClN4O/c1-26-12-7-16(8-13-26)22(28)27-11-3-5-18(15-27)21-20(24-9-10-25-21)17-4-2-6-19(23)14-17/h2,4,6,9-10,14,16,18H,3,5,7-8,11-13,15H2,1H3/t18-/m1/s1. The van der Waals surface area contributed by atoms with Crippen molar-refractivity contribution in [2.45, 2.75) is 31.6 Å². The molecule has 0 radical (unpaired) electrons. The molecule has 0 bridgehead atoms. The monoisotopic (exact) mass is 398 g/mol. The molecule has 0 aliphatic carbocycles. The lowest BCUT2D eigenvalue weighted by Gasteiger charge is -2.37. The maximum Gasteiger partial charge on any atom is 0.225 e. The summed E-state index contributed by atoms with van der Waals surface area (Å²) in [6.45, 7) is 3.61. The van der Waals surface area contributed by atoms with Gasteiger partial charge in [-0.05, 0) is 58.0 Å². The lowest BCUT2D eigenvalue weighted by Crippen LogP contribution is -2.45. The van der Waals surface area contributed by atoms with E-state index in [1.54, 1.807) is 12.4 Å². The summed E-state index contributed by atoms with van der Waals surface area (Å²) < 4.78 is 0. The number of rotatable bonds is 3. The average Bonchev–Trinajstić information content (AvgIpc) is 2.74. The van der Waals surface area contributed by atoms with E-state index < -0.39 is 0 Å². The van der Waals surface area contributed by atoms with Gasteiger partial charge >= 0.3 is 0 Å². The molecule has 4 rings (SSSR count). The van der Waals surface area contributed by atoms with Crippen molar-refractivity contribution in [2.75, 3.05) is 33.2 Å². The maximum absolute atomic E-state index is 13.1. The molecule has 2 fully saturated rings. The van der Waals surface area contributed by atoms with Crippen LogP contribution in [0, 0.1) is 5.92 Å². The van der Waals surface area contributed by atoms with Crippen LogP contribution in [0.1, 0.15) is 37.3 Å². The second-order valence-corrected chi connectivity index (χ2v) is 8.44. The van der Waals surface area contributed by atoms with Gasteiger partial charge in [-0.2, -0.15) is 0 Å². The van der Waals surface area contributed by atoms with Gasteiger partial charge in [0.1, 0.15) is 0 Å². The molecule has 28 heavy (non-hydrogen) atoms. The molecule has 1 amide bonds. The van der Waals surface area contributed by atoms with Crippen molar-refractivity contribution >= 4 is 17.5 Å². The van der Waals surface area contributed by atoms with Crippen molar-refractivity contribution in [3.63, 3.8) is 0 Å². The first-order chi connectivity index (χ1) is 13.6. The molecule has 1 aromatic carbocycles. The van der Waals surface area contributed by atoms with Crippen LogP contribution in [0.25, 0.3) is 11.3 Å². The van der Waals surface area contributed by atoms with Gasteiger partial charge in [0.2, 0.25) is 5.91 Å². The summed E-state index contributed by atoms with van der Waals surface area (Å²) in [4.78, 5) is 26.7. The zero-order chi connectivity index (χ0) is 19.5. The second kappa shape index (κ2) is 8.58. The number of amides is 1. The van der Waals surface area contributed by atoms with E-state index in [4.69, 9.17) is 11.6 Å². The molecule has 148 valence electrons. The second-order valence-electron chi connectivity index (χ2n) is 8.00. The van der Waals surface area contributed by atoms with E-state index in [9.17, 15) is 4.79 Å². The first kappa shape index (κ1) is 19.3. The molecule has 3 heterocycles. The fraction of sp³-hybridized carbons (Fsp3) is 0.500. The Morgan fingerprint density at radius 3 is 2.68 bits per heavy atom. The summed E-state index contributed by atoms with van der Waals surface area (Å²) in [6.07, 6.45) is 7.45. The van der Waals surface area contributed by atoms with Crippen molar-refractivity contribution in [1.29, 1.82) is 0 Å². The third kappa shape index (κ3) is 4.20. The number of hydrogen-bond donors (Lipinski definition) is 0. The molecule has 1 aromatic heterocycles. The van der Waals surface area contributed by atoms with Crippen LogP contribution < -0.4 is 0 Å². The topological polar surface area (TPSA) is 49.3 Å². The van der Waals surface area contributed by atoms with E-state index >= 15 is 0 Å². The molecule has 0 unspecified atom stereocenters. The Morgan fingerprint density at radius 2 is 1.89 bits per heavy atom. The highest BCUT2D eigenvalue weighted by Crippen LogP contribution is 2.33. The normalized spacial score (nSPS) is 21.6. The van der Waals surface area contributed by atoms with Gasteiger partial charge in [-0.15, -0.1) is 0 Å². The number of carbonyl (C=O) groups excluding carboxylic acids is 1. The number of halogens is 1. The molecule has 1 atom stereocenters. The average molecular weight is 399 g/mol. The van der Waals surface area contributed by atoms with E-state index in [0.717, 1.165) is 68.8 Å². The van der Waals surface area contributed by atoms with Gasteiger partial charge in [0.15, 0.2) is 0 Å². The highest BCUT2D eigenvalue weighted by Gasteiger charge is 2.32. The molecule has 0 spiro atoms. The van der Waals surface area contributed by atoms with Crippen molar-refractivity contribution in [3.8, 4) is 11.3 Å². The third-order valence-electron chi connectivity index (χ3n) is 6.01. The number of carbonyl (C=O) groups is 1.